The predicted octanol–water partition coefficient (Wildman–Crippen LogP) is 3.49. The highest BCUT2D eigenvalue weighted by Gasteiger charge is 2.13. The van der Waals surface area contributed by atoms with Crippen LogP contribution in [-0.2, 0) is 16.0 Å². The van der Waals surface area contributed by atoms with Crippen molar-refractivity contribution in [1.29, 1.82) is 0 Å². The second kappa shape index (κ2) is 7.80. The minimum absolute atomic E-state index is 0.0846. The van der Waals surface area contributed by atoms with Gasteiger partial charge in [-0.25, -0.2) is 9.50 Å². The molecule has 0 radical (unpaired) electrons. The molecule has 146 valence electrons. The number of anilines is 2. The number of carbonyl (C=O) groups is 2. The third kappa shape index (κ3) is 4.19. The molecule has 0 unspecified atom stereocenters. The largest absolute Gasteiger partial charge is 0.326 e. The molecule has 3 rings (SSSR count). The standard InChI is InChI=1S/C21H25N5O2/c1-12-6-7-17(23-16(5)27)11-19(12)24-21(28)9-8-18-14(3)22-20-10-13(2)25-26(20)15(18)4/h6-7,10-11H,8-9H2,1-5H3,(H,23,27)(H,24,28). The SMILES string of the molecule is CC(=O)Nc1ccc(C)c(NC(=O)CCc2c(C)nc3cc(C)nn3c2C)c1. The Morgan fingerprint density at radius 1 is 1.07 bits per heavy atom. The molecule has 2 N–H and O–H groups in total. The average Bonchev–Trinajstić information content (AvgIpc) is 2.97. The van der Waals surface area contributed by atoms with Crippen molar-refractivity contribution in [2.24, 2.45) is 0 Å². The molecule has 0 saturated heterocycles. The molecule has 2 amide bonds. The number of hydrogen-bond acceptors (Lipinski definition) is 4. The lowest BCUT2D eigenvalue weighted by Crippen LogP contribution is -2.15. The van der Waals surface area contributed by atoms with Crippen molar-refractivity contribution in [3.05, 3.63) is 52.5 Å². The molecule has 0 aliphatic carbocycles. The molecule has 0 aliphatic rings. The molecule has 3 aromatic rings. The Labute approximate surface area is 164 Å². The zero-order chi connectivity index (χ0) is 20.4. The maximum atomic E-state index is 12.5. The van der Waals surface area contributed by atoms with Gasteiger partial charge in [0.05, 0.1) is 5.69 Å². The maximum absolute atomic E-state index is 12.5. The molecule has 0 spiro atoms. The molecule has 0 atom stereocenters. The van der Waals surface area contributed by atoms with E-state index in [4.69, 9.17) is 0 Å². The first-order valence-electron chi connectivity index (χ1n) is 9.25. The van der Waals surface area contributed by atoms with Crippen LogP contribution in [0.25, 0.3) is 5.65 Å². The molecule has 0 fully saturated rings. The lowest BCUT2D eigenvalue weighted by atomic mass is 10.1. The Hall–Kier alpha value is -3.22. The van der Waals surface area contributed by atoms with E-state index in [1.807, 2.05) is 50.4 Å². The Bertz CT molecular complexity index is 1070. The van der Waals surface area contributed by atoms with Crippen molar-refractivity contribution in [3.63, 3.8) is 0 Å². The van der Waals surface area contributed by atoms with E-state index < -0.39 is 0 Å². The van der Waals surface area contributed by atoms with Crippen LogP contribution in [0.15, 0.2) is 24.3 Å². The molecule has 7 nitrogen and oxygen atoms in total. The van der Waals surface area contributed by atoms with Gasteiger partial charge in [0.2, 0.25) is 11.8 Å². The van der Waals surface area contributed by atoms with Gasteiger partial charge in [-0.15, -0.1) is 0 Å². The molecular formula is C21H25N5O2. The second-order valence-corrected chi connectivity index (χ2v) is 7.08. The summed E-state index contributed by atoms with van der Waals surface area (Å²) < 4.78 is 1.83. The summed E-state index contributed by atoms with van der Waals surface area (Å²) in [5, 5.41) is 10.1. The first kappa shape index (κ1) is 19.5. The van der Waals surface area contributed by atoms with Crippen LogP contribution in [0.1, 0.15) is 41.6 Å². The number of aromatic nitrogens is 3. The number of nitrogens with zero attached hydrogens (tertiary/aromatic N) is 3. The van der Waals surface area contributed by atoms with E-state index in [-0.39, 0.29) is 11.8 Å². The molecule has 7 heteroatoms. The number of amides is 2. The van der Waals surface area contributed by atoms with E-state index >= 15 is 0 Å². The fourth-order valence-corrected chi connectivity index (χ4v) is 3.29. The van der Waals surface area contributed by atoms with Crippen LogP contribution in [0.2, 0.25) is 0 Å². The Morgan fingerprint density at radius 2 is 1.82 bits per heavy atom. The summed E-state index contributed by atoms with van der Waals surface area (Å²) in [5.74, 6) is -0.234. The fourth-order valence-electron chi connectivity index (χ4n) is 3.29. The van der Waals surface area contributed by atoms with E-state index in [0.717, 1.165) is 33.9 Å². The van der Waals surface area contributed by atoms with Gasteiger partial charge >= 0.3 is 0 Å². The molecule has 1 aromatic carbocycles. The zero-order valence-corrected chi connectivity index (χ0v) is 16.9. The third-order valence-corrected chi connectivity index (χ3v) is 4.72. The summed E-state index contributed by atoms with van der Waals surface area (Å²) in [4.78, 5) is 28.4. The number of fused-ring (bicyclic) bond motifs is 1. The smallest absolute Gasteiger partial charge is 0.224 e. The Morgan fingerprint density at radius 3 is 2.54 bits per heavy atom. The van der Waals surface area contributed by atoms with Crippen LogP contribution in [0, 0.1) is 27.7 Å². The monoisotopic (exact) mass is 379 g/mol. The first-order chi connectivity index (χ1) is 13.2. The van der Waals surface area contributed by atoms with Crippen LogP contribution in [0.5, 0.6) is 0 Å². The summed E-state index contributed by atoms with van der Waals surface area (Å²) in [7, 11) is 0. The summed E-state index contributed by atoms with van der Waals surface area (Å²) >= 11 is 0. The van der Waals surface area contributed by atoms with Gasteiger partial charge in [-0.05, 0) is 57.4 Å². The molecule has 2 heterocycles. The summed E-state index contributed by atoms with van der Waals surface area (Å²) in [6.45, 7) is 9.27. The van der Waals surface area contributed by atoms with E-state index in [1.54, 1.807) is 6.07 Å². The molecule has 0 aliphatic heterocycles. The number of hydrogen-bond donors (Lipinski definition) is 2. The van der Waals surface area contributed by atoms with Crippen molar-refractivity contribution >= 4 is 28.8 Å². The van der Waals surface area contributed by atoms with Crippen molar-refractivity contribution in [3.8, 4) is 0 Å². The lowest BCUT2D eigenvalue weighted by molar-refractivity contribution is -0.116. The predicted molar refractivity (Wildman–Crippen MR) is 110 cm³/mol. The number of carbonyl (C=O) groups excluding carboxylic acids is 2. The first-order valence-corrected chi connectivity index (χ1v) is 9.25. The van der Waals surface area contributed by atoms with Crippen molar-refractivity contribution in [2.75, 3.05) is 10.6 Å². The van der Waals surface area contributed by atoms with Gasteiger partial charge in [-0.1, -0.05) is 6.07 Å². The van der Waals surface area contributed by atoms with Gasteiger partial charge in [0.25, 0.3) is 0 Å². The van der Waals surface area contributed by atoms with Gasteiger partial charge in [0.15, 0.2) is 5.65 Å². The van der Waals surface area contributed by atoms with Crippen LogP contribution in [-0.4, -0.2) is 26.4 Å². The molecule has 28 heavy (non-hydrogen) atoms. The quantitative estimate of drug-likeness (QED) is 0.710. The van der Waals surface area contributed by atoms with Crippen LogP contribution < -0.4 is 10.6 Å². The highest BCUT2D eigenvalue weighted by molar-refractivity contribution is 5.94. The van der Waals surface area contributed by atoms with Crippen LogP contribution in [0.3, 0.4) is 0 Å². The van der Waals surface area contributed by atoms with Crippen molar-refractivity contribution in [1.82, 2.24) is 14.6 Å². The number of aryl methyl sites for hydroxylation is 4. The number of rotatable bonds is 5. The molecular weight excluding hydrogens is 354 g/mol. The lowest BCUT2D eigenvalue weighted by Gasteiger charge is -2.13. The third-order valence-electron chi connectivity index (χ3n) is 4.72. The second-order valence-electron chi connectivity index (χ2n) is 7.08. The van der Waals surface area contributed by atoms with Gasteiger partial charge in [0.1, 0.15) is 0 Å². The normalized spacial score (nSPS) is 10.9. The summed E-state index contributed by atoms with van der Waals surface area (Å²) in [5.41, 5.74) is 6.99. The number of nitrogens with one attached hydrogen (secondary N) is 2. The van der Waals surface area contributed by atoms with E-state index in [1.165, 1.54) is 6.92 Å². The minimum Gasteiger partial charge on any atom is -0.326 e. The average molecular weight is 379 g/mol. The topological polar surface area (TPSA) is 88.4 Å². The van der Waals surface area contributed by atoms with E-state index in [0.29, 0.717) is 24.2 Å². The van der Waals surface area contributed by atoms with Gasteiger partial charge in [0, 0.05) is 42.2 Å². The molecule has 0 saturated carbocycles. The number of benzene rings is 1. The van der Waals surface area contributed by atoms with E-state index in [9.17, 15) is 9.59 Å². The summed E-state index contributed by atoms with van der Waals surface area (Å²) in [6.07, 6.45) is 0.911. The van der Waals surface area contributed by atoms with Gasteiger partial charge in [-0.3, -0.25) is 9.59 Å². The Balaban J connectivity index is 1.73. The van der Waals surface area contributed by atoms with Crippen molar-refractivity contribution in [2.45, 2.75) is 47.5 Å². The highest BCUT2D eigenvalue weighted by Crippen LogP contribution is 2.21. The minimum atomic E-state index is -0.149. The van der Waals surface area contributed by atoms with Gasteiger partial charge < -0.3 is 10.6 Å². The van der Waals surface area contributed by atoms with E-state index in [2.05, 4.69) is 20.7 Å². The van der Waals surface area contributed by atoms with Gasteiger partial charge in [-0.2, -0.15) is 5.10 Å². The van der Waals surface area contributed by atoms with Crippen LogP contribution in [0.4, 0.5) is 11.4 Å². The fraction of sp³-hybridized carbons (Fsp3) is 0.333. The summed E-state index contributed by atoms with van der Waals surface area (Å²) in [6, 6.07) is 7.39. The van der Waals surface area contributed by atoms with Crippen molar-refractivity contribution < 1.29 is 9.59 Å². The Kier molecular flexibility index (Phi) is 5.44. The maximum Gasteiger partial charge on any atom is 0.224 e. The highest BCUT2D eigenvalue weighted by atomic mass is 16.2. The van der Waals surface area contributed by atoms with Crippen LogP contribution >= 0.6 is 0 Å². The molecule has 0 bridgehead atoms. The zero-order valence-electron chi connectivity index (χ0n) is 16.9. The molecule has 2 aromatic heterocycles.